The lowest BCUT2D eigenvalue weighted by Gasteiger charge is -2.32. The van der Waals surface area contributed by atoms with Gasteiger partial charge in [-0.25, -0.2) is 0 Å². The lowest BCUT2D eigenvalue weighted by Crippen LogP contribution is -2.34. The van der Waals surface area contributed by atoms with Crippen molar-refractivity contribution in [1.29, 1.82) is 0 Å². The van der Waals surface area contributed by atoms with Crippen molar-refractivity contribution in [3.63, 3.8) is 0 Å². The van der Waals surface area contributed by atoms with Gasteiger partial charge in [-0.3, -0.25) is 4.68 Å². The third-order valence-corrected chi connectivity index (χ3v) is 4.26. The highest BCUT2D eigenvalue weighted by Gasteiger charge is 2.19. The van der Waals surface area contributed by atoms with Crippen LogP contribution in [0.2, 0.25) is 0 Å². The molecule has 2 aromatic rings. The SMILES string of the molecule is Cc1nn(C)c2ccc(N3CCC(CO)CC3)cc12. The maximum absolute atomic E-state index is 9.20. The van der Waals surface area contributed by atoms with Crippen molar-refractivity contribution in [2.75, 3.05) is 24.6 Å². The van der Waals surface area contributed by atoms with Gasteiger partial charge in [0.15, 0.2) is 0 Å². The zero-order valence-electron chi connectivity index (χ0n) is 11.6. The number of aryl methyl sites for hydroxylation is 2. The van der Waals surface area contributed by atoms with Crippen LogP contribution in [-0.2, 0) is 7.05 Å². The number of fused-ring (bicyclic) bond motifs is 1. The first kappa shape index (κ1) is 12.5. The molecule has 1 saturated heterocycles. The minimum atomic E-state index is 0.328. The molecule has 1 N–H and O–H groups in total. The van der Waals surface area contributed by atoms with Crippen LogP contribution in [0.5, 0.6) is 0 Å². The molecule has 1 aliphatic heterocycles. The Kier molecular flexibility index (Phi) is 3.19. The van der Waals surface area contributed by atoms with E-state index in [4.69, 9.17) is 0 Å². The highest BCUT2D eigenvalue weighted by Crippen LogP contribution is 2.27. The van der Waals surface area contributed by atoms with E-state index in [-0.39, 0.29) is 0 Å². The second-order valence-corrected chi connectivity index (χ2v) is 5.52. The fourth-order valence-corrected chi connectivity index (χ4v) is 3.00. The molecular weight excluding hydrogens is 238 g/mol. The molecule has 0 amide bonds. The number of aromatic nitrogens is 2. The van der Waals surface area contributed by atoms with Crippen LogP contribution in [0, 0.1) is 12.8 Å². The van der Waals surface area contributed by atoms with Gasteiger partial charge in [-0.05, 0) is 43.9 Å². The van der Waals surface area contributed by atoms with Crippen LogP contribution in [0.1, 0.15) is 18.5 Å². The van der Waals surface area contributed by atoms with E-state index in [1.165, 1.54) is 16.6 Å². The van der Waals surface area contributed by atoms with Crippen LogP contribution in [-0.4, -0.2) is 34.6 Å². The van der Waals surface area contributed by atoms with Crippen LogP contribution < -0.4 is 4.90 Å². The van der Waals surface area contributed by atoms with Gasteiger partial charge in [-0.2, -0.15) is 5.10 Å². The molecule has 4 heteroatoms. The second-order valence-electron chi connectivity index (χ2n) is 5.52. The van der Waals surface area contributed by atoms with Crippen molar-refractivity contribution in [3.8, 4) is 0 Å². The summed E-state index contributed by atoms with van der Waals surface area (Å²) in [6.45, 7) is 4.46. The highest BCUT2D eigenvalue weighted by molar-refractivity contribution is 5.85. The van der Waals surface area contributed by atoms with E-state index in [9.17, 15) is 5.11 Å². The van der Waals surface area contributed by atoms with E-state index in [0.29, 0.717) is 12.5 Å². The molecule has 1 aliphatic rings. The molecule has 3 rings (SSSR count). The fourth-order valence-electron chi connectivity index (χ4n) is 3.00. The number of nitrogens with zero attached hydrogens (tertiary/aromatic N) is 3. The van der Waals surface area contributed by atoms with E-state index in [2.05, 4.69) is 35.1 Å². The first-order valence-corrected chi connectivity index (χ1v) is 6.98. The summed E-state index contributed by atoms with van der Waals surface area (Å²) in [7, 11) is 1.99. The number of aliphatic hydroxyl groups excluding tert-OH is 1. The molecule has 4 nitrogen and oxygen atoms in total. The predicted octanol–water partition coefficient (Wildman–Crippen LogP) is 2.09. The third-order valence-electron chi connectivity index (χ3n) is 4.26. The van der Waals surface area contributed by atoms with Crippen molar-refractivity contribution in [3.05, 3.63) is 23.9 Å². The number of rotatable bonds is 2. The summed E-state index contributed by atoms with van der Waals surface area (Å²) in [5.41, 5.74) is 3.55. The molecule has 0 unspecified atom stereocenters. The summed E-state index contributed by atoms with van der Waals surface area (Å²) in [6, 6.07) is 6.59. The molecule has 0 saturated carbocycles. The summed E-state index contributed by atoms with van der Waals surface area (Å²) in [6.07, 6.45) is 2.17. The van der Waals surface area contributed by atoms with Gasteiger partial charge in [0.1, 0.15) is 0 Å². The molecule has 2 heterocycles. The van der Waals surface area contributed by atoms with Gasteiger partial charge in [0.2, 0.25) is 0 Å². The number of anilines is 1. The van der Waals surface area contributed by atoms with Gasteiger partial charge in [0.25, 0.3) is 0 Å². The quantitative estimate of drug-likeness (QED) is 0.898. The van der Waals surface area contributed by atoms with Gasteiger partial charge >= 0.3 is 0 Å². The zero-order valence-corrected chi connectivity index (χ0v) is 11.6. The predicted molar refractivity (Wildman–Crippen MR) is 77.5 cm³/mol. The zero-order chi connectivity index (χ0) is 13.4. The number of aliphatic hydroxyl groups is 1. The maximum atomic E-state index is 9.20. The molecule has 0 bridgehead atoms. The molecule has 0 spiro atoms. The Morgan fingerprint density at radius 1 is 1.32 bits per heavy atom. The fraction of sp³-hybridized carbons (Fsp3) is 0.533. The van der Waals surface area contributed by atoms with Crippen molar-refractivity contribution >= 4 is 16.6 Å². The minimum Gasteiger partial charge on any atom is -0.396 e. The van der Waals surface area contributed by atoms with E-state index in [1.54, 1.807) is 0 Å². The molecular formula is C15H21N3O. The van der Waals surface area contributed by atoms with Crippen LogP contribution in [0.15, 0.2) is 18.2 Å². The van der Waals surface area contributed by atoms with Crippen molar-refractivity contribution in [1.82, 2.24) is 9.78 Å². The standard InChI is InChI=1S/C15H21N3O/c1-11-14-9-13(3-4-15(14)17(2)16-11)18-7-5-12(10-19)6-8-18/h3-4,9,12,19H,5-8,10H2,1-2H3. The van der Waals surface area contributed by atoms with Crippen molar-refractivity contribution < 1.29 is 5.11 Å². The molecule has 0 atom stereocenters. The lowest BCUT2D eigenvalue weighted by atomic mass is 9.97. The number of hydrogen-bond acceptors (Lipinski definition) is 3. The molecule has 1 fully saturated rings. The Morgan fingerprint density at radius 3 is 2.74 bits per heavy atom. The molecule has 1 aromatic carbocycles. The number of piperidine rings is 1. The van der Waals surface area contributed by atoms with E-state index in [0.717, 1.165) is 31.6 Å². The van der Waals surface area contributed by atoms with Crippen LogP contribution in [0.3, 0.4) is 0 Å². The average Bonchev–Trinajstić information content (AvgIpc) is 2.74. The van der Waals surface area contributed by atoms with Crippen molar-refractivity contribution in [2.24, 2.45) is 13.0 Å². The summed E-state index contributed by atoms with van der Waals surface area (Å²) in [4.78, 5) is 2.41. The molecule has 0 radical (unpaired) electrons. The third kappa shape index (κ3) is 2.21. The van der Waals surface area contributed by atoms with Crippen LogP contribution >= 0.6 is 0 Å². The molecule has 102 valence electrons. The Hall–Kier alpha value is -1.55. The first-order valence-electron chi connectivity index (χ1n) is 6.98. The maximum Gasteiger partial charge on any atom is 0.0683 e. The van der Waals surface area contributed by atoms with Crippen molar-refractivity contribution in [2.45, 2.75) is 19.8 Å². The summed E-state index contributed by atoms with van der Waals surface area (Å²) in [5.74, 6) is 0.486. The number of benzene rings is 1. The normalized spacial score (nSPS) is 17.3. The Balaban J connectivity index is 1.87. The second kappa shape index (κ2) is 4.85. The minimum absolute atomic E-state index is 0.328. The smallest absolute Gasteiger partial charge is 0.0683 e. The summed E-state index contributed by atoms with van der Waals surface area (Å²) >= 11 is 0. The first-order chi connectivity index (χ1) is 9.19. The molecule has 1 aromatic heterocycles. The molecule has 19 heavy (non-hydrogen) atoms. The summed E-state index contributed by atoms with van der Waals surface area (Å²) < 4.78 is 1.94. The summed E-state index contributed by atoms with van der Waals surface area (Å²) in [5, 5.41) is 14.9. The Morgan fingerprint density at radius 2 is 2.05 bits per heavy atom. The number of hydrogen-bond donors (Lipinski definition) is 1. The molecule has 0 aliphatic carbocycles. The van der Waals surface area contributed by atoms with Gasteiger partial charge < -0.3 is 10.0 Å². The highest BCUT2D eigenvalue weighted by atomic mass is 16.3. The monoisotopic (exact) mass is 259 g/mol. The van der Waals surface area contributed by atoms with Crippen LogP contribution in [0.25, 0.3) is 10.9 Å². The average molecular weight is 259 g/mol. The largest absolute Gasteiger partial charge is 0.396 e. The van der Waals surface area contributed by atoms with E-state index < -0.39 is 0 Å². The van der Waals surface area contributed by atoms with Gasteiger partial charge in [0.05, 0.1) is 11.2 Å². The van der Waals surface area contributed by atoms with Gasteiger partial charge in [-0.15, -0.1) is 0 Å². The van der Waals surface area contributed by atoms with E-state index >= 15 is 0 Å². The van der Waals surface area contributed by atoms with E-state index in [1.807, 2.05) is 11.7 Å². The Bertz CT molecular complexity index is 582. The Labute approximate surface area is 113 Å². The lowest BCUT2D eigenvalue weighted by molar-refractivity contribution is 0.203. The van der Waals surface area contributed by atoms with Gasteiger partial charge in [0, 0.05) is 37.8 Å². The van der Waals surface area contributed by atoms with Crippen LogP contribution in [0.4, 0.5) is 5.69 Å². The topological polar surface area (TPSA) is 41.3 Å². The van der Waals surface area contributed by atoms with Gasteiger partial charge in [-0.1, -0.05) is 0 Å².